The molecule has 0 saturated heterocycles. The number of amides is 3. The molecule has 3 aromatic carbocycles. The van der Waals surface area contributed by atoms with E-state index < -0.39 is 12.1 Å². The molecule has 0 saturated carbocycles. The van der Waals surface area contributed by atoms with Crippen LogP contribution in [0.5, 0.6) is 0 Å². The van der Waals surface area contributed by atoms with Gasteiger partial charge in [0, 0.05) is 36.9 Å². The average molecular weight is 767 g/mol. The third kappa shape index (κ3) is 10.4. The van der Waals surface area contributed by atoms with Gasteiger partial charge in [0.15, 0.2) is 0 Å². The first kappa shape index (κ1) is 41.1. The number of aryl methyl sites for hydroxylation is 1. The third-order valence-corrected chi connectivity index (χ3v) is 11.4. The second-order valence-corrected chi connectivity index (χ2v) is 16.1. The van der Waals surface area contributed by atoms with Crippen molar-refractivity contribution in [3.8, 4) is 11.1 Å². The maximum atomic E-state index is 14.0. The van der Waals surface area contributed by atoms with Crippen LogP contribution in [-0.4, -0.2) is 72.7 Å². The Kier molecular flexibility index (Phi) is 14.2. The van der Waals surface area contributed by atoms with Crippen molar-refractivity contribution in [1.82, 2.24) is 20.5 Å². The van der Waals surface area contributed by atoms with Gasteiger partial charge in [0.1, 0.15) is 18.3 Å². The van der Waals surface area contributed by atoms with Gasteiger partial charge in [-0.15, -0.1) is 11.3 Å². The first-order valence-corrected chi connectivity index (χ1v) is 20.0. The van der Waals surface area contributed by atoms with E-state index in [1.165, 1.54) is 18.4 Å². The van der Waals surface area contributed by atoms with Crippen LogP contribution in [0.1, 0.15) is 85.6 Å². The highest BCUT2D eigenvalue weighted by Gasteiger charge is 2.34. The molecule has 0 fully saturated rings. The number of thiazole rings is 1. The van der Waals surface area contributed by atoms with E-state index in [4.69, 9.17) is 9.47 Å². The SMILES string of the molecule is COC(=O)C(C)CC(Cc1ccccc1)NC(=O)c1csc(CCC(C(C)C)N(C)C(=O)C(NC(=O)OCC2c3ccccc3-c3ccccc32)C(C)C)n1. The van der Waals surface area contributed by atoms with E-state index in [0.29, 0.717) is 31.4 Å². The number of hydrogen-bond donors (Lipinski definition) is 2. The molecular weight excluding hydrogens is 713 g/mol. The van der Waals surface area contributed by atoms with Gasteiger partial charge in [-0.1, -0.05) is 113 Å². The maximum Gasteiger partial charge on any atom is 0.407 e. The highest BCUT2D eigenvalue weighted by molar-refractivity contribution is 7.09. The number of hydrogen-bond acceptors (Lipinski definition) is 8. The van der Waals surface area contributed by atoms with Gasteiger partial charge < -0.3 is 25.0 Å². The van der Waals surface area contributed by atoms with E-state index in [9.17, 15) is 19.2 Å². The quantitative estimate of drug-likeness (QED) is 0.106. The molecule has 1 heterocycles. The maximum absolute atomic E-state index is 14.0. The summed E-state index contributed by atoms with van der Waals surface area (Å²) in [6, 6.07) is 25.0. The fourth-order valence-electron chi connectivity index (χ4n) is 7.51. The van der Waals surface area contributed by atoms with Crippen molar-refractivity contribution in [1.29, 1.82) is 0 Å². The molecule has 4 aromatic rings. The van der Waals surface area contributed by atoms with Crippen LogP contribution < -0.4 is 10.6 Å². The smallest absolute Gasteiger partial charge is 0.407 e. The van der Waals surface area contributed by atoms with E-state index in [1.807, 2.05) is 68.4 Å². The Morgan fingerprint density at radius 1 is 0.836 bits per heavy atom. The molecule has 11 heteroatoms. The number of rotatable bonds is 17. The Morgan fingerprint density at radius 3 is 2.05 bits per heavy atom. The minimum absolute atomic E-state index is 0.0808. The van der Waals surface area contributed by atoms with Crippen LogP contribution in [0, 0.1) is 17.8 Å². The summed E-state index contributed by atoms with van der Waals surface area (Å²) < 4.78 is 10.7. The molecule has 1 aliphatic rings. The van der Waals surface area contributed by atoms with Crippen LogP contribution >= 0.6 is 11.3 Å². The van der Waals surface area contributed by atoms with Crippen LogP contribution in [0.15, 0.2) is 84.2 Å². The lowest BCUT2D eigenvalue weighted by molar-refractivity contribution is -0.145. The number of nitrogens with zero attached hydrogens (tertiary/aromatic N) is 2. The minimum Gasteiger partial charge on any atom is -0.469 e. The molecule has 0 spiro atoms. The molecule has 4 atom stereocenters. The van der Waals surface area contributed by atoms with Crippen molar-refractivity contribution in [3.05, 3.63) is 112 Å². The number of alkyl carbamates (subject to hydrolysis) is 1. The molecule has 10 nitrogen and oxygen atoms in total. The van der Waals surface area contributed by atoms with Crippen molar-refractivity contribution in [2.45, 2.75) is 84.3 Å². The van der Waals surface area contributed by atoms with E-state index in [0.717, 1.165) is 32.8 Å². The molecule has 5 rings (SSSR count). The van der Waals surface area contributed by atoms with Gasteiger partial charge >= 0.3 is 12.1 Å². The number of aromatic nitrogens is 1. The molecule has 1 aliphatic carbocycles. The van der Waals surface area contributed by atoms with Crippen LogP contribution in [0.2, 0.25) is 0 Å². The van der Waals surface area contributed by atoms with E-state index in [2.05, 4.69) is 53.7 Å². The van der Waals surface area contributed by atoms with Crippen LogP contribution in [0.25, 0.3) is 11.1 Å². The Morgan fingerprint density at radius 2 is 1.45 bits per heavy atom. The summed E-state index contributed by atoms with van der Waals surface area (Å²) in [4.78, 5) is 59.2. The van der Waals surface area contributed by atoms with Gasteiger partial charge in [0.2, 0.25) is 5.91 Å². The van der Waals surface area contributed by atoms with Crippen molar-refractivity contribution < 1.29 is 28.7 Å². The van der Waals surface area contributed by atoms with Gasteiger partial charge in [-0.3, -0.25) is 14.4 Å². The summed E-state index contributed by atoms with van der Waals surface area (Å²) in [5.74, 6) is -1.33. The van der Waals surface area contributed by atoms with Gasteiger partial charge in [-0.05, 0) is 58.9 Å². The molecule has 1 aromatic heterocycles. The van der Waals surface area contributed by atoms with Gasteiger partial charge in [-0.2, -0.15) is 0 Å². The molecule has 292 valence electrons. The zero-order chi connectivity index (χ0) is 39.6. The summed E-state index contributed by atoms with van der Waals surface area (Å²) in [6.07, 6.45) is 1.56. The molecular formula is C44H54N4O6S. The van der Waals surface area contributed by atoms with Gasteiger partial charge in [0.05, 0.1) is 18.0 Å². The topological polar surface area (TPSA) is 127 Å². The van der Waals surface area contributed by atoms with E-state index >= 15 is 0 Å². The Balaban J connectivity index is 1.18. The van der Waals surface area contributed by atoms with Gasteiger partial charge in [-0.25, -0.2) is 9.78 Å². The second kappa shape index (κ2) is 19.0. The summed E-state index contributed by atoms with van der Waals surface area (Å²) in [6.45, 7) is 9.92. The predicted octanol–water partition coefficient (Wildman–Crippen LogP) is 7.66. The van der Waals surface area contributed by atoms with Crippen LogP contribution in [-0.2, 0) is 31.9 Å². The summed E-state index contributed by atoms with van der Waals surface area (Å²) in [7, 11) is 3.15. The zero-order valence-electron chi connectivity index (χ0n) is 32.9. The minimum atomic E-state index is -0.775. The highest BCUT2D eigenvalue weighted by atomic mass is 32.1. The average Bonchev–Trinajstić information content (AvgIpc) is 3.78. The van der Waals surface area contributed by atoms with Crippen molar-refractivity contribution in [3.63, 3.8) is 0 Å². The van der Waals surface area contributed by atoms with Crippen LogP contribution in [0.4, 0.5) is 4.79 Å². The number of carbonyl (C=O) groups excluding carboxylic acids is 4. The number of esters is 1. The molecule has 55 heavy (non-hydrogen) atoms. The fraction of sp³-hybridized carbons (Fsp3) is 0.432. The molecule has 0 aliphatic heterocycles. The molecule has 0 radical (unpaired) electrons. The van der Waals surface area contributed by atoms with Crippen LogP contribution in [0.3, 0.4) is 0 Å². The molecule has 4 unspecified atom stereocenters. The largest absolute Gasteiger partial charge is 0.469 e. The first-order valence-electron chi connectivity index (χ1n) is 19.1. The third-order valence-electron chi connectivity index (χ3n) is 10.5. The summed E-state index contributed by atoms with van der Waals surface area (Å²) in [5.41, 5.74) is 5.92. The van der Waals surface area contributed by atoms with Crippen molar-refractivity contribution in [2.75, 3.05) is 20.8 Å². The number of likely N-dealkylation sites (N-methyl/N-ethyl adjacent to an activating group) is 1. The Labute approximate surface area is 329 Å². The number of benzene rings is 3. The van der Waals surface area contributed by atoms with E-state index in [-0.39, 0.29) is 60.1 Å². The fourth-order valence-corrected chi connectivity index (χ4v) is 8.31. The molecule has 0 bridgehead atoms. The number of ether oxygens (including phenoxy) is 2. The van der Waals surface area contributed by atoms with E-state index in [1.54, 1.807) is 24.3 Å². The number of carbonyl (C=O) groups is 4. The second-order valence-electron chi connectivity index (χ2n) is 15.1. The predicted molar refractivity (Wildman–Crippen MR) is 216 cm³/mol. The molecule has 3 amide bonds. The van der Waals surface area contributed by atoms with Gasteiger partial charge in [0.25, 0.3) is 5.91 Å². The normalized spacial score (nSPS) is 14.3. The monoisotopic (exact) mass is 766 g/mol. The lowest BCUT2D eigenvalue weighted by Gasteiger charge is -2.35. The number of fused-ring (bicyclic) bond motifs is 3. The number of nitrogens with one attached hydrogen (secondary N) is 2. The Hall–Kier alpha value is -5.03. The number of methoxy groups -OCH3 is 1. The Bertz CT molecular complexity index is 1880. The standard InChI is InChI=1S/C44H54N4O6S/c1-27(2)38(21-22-39-46-37(26-55-39)41(49)45-31(23-29(5)43(51)53-7)24-30-15-9-8-10-16-30)48(6)42(50)40(28(3)4)47-44(52)54-25-36-34-19-13-11-17-32(34)33-18-12-14-20-35(33)36/h8-20,26-29,31,36,38,40H,21-25H2,1-7H3,(H,45,49)(H,47,52). The summed E-state index contributed by atoms with van der Waals surface area (Å²) >= 11 is 1.41. The van der Waals surface area contributed by atoms with Crippen molar-refractivity contribution >= 4 is 35.2 Å². The van der Waals surface area contributed by atoms with Crippen molar-refractivity contribution in [2.24, 2.45) is 17.8 Å². The zero-order valence-corrected chi connectivity index (χ0v) is 33.7. The first-order chi connectivity index (χ1) is 26.4. The lowest BCUT2D eigenvalue weighted by Crippen LogP contribution is -2.53. The highest BCUT2D eigenvalue weighted by Crippen LogP contribution is 2.44. The summed E-state index contributed by atoms with van der Waals surface area (Å²) in [5, 5.41) is 8.50. The molecule has 2 N–H and O–H groups in total. The lowest BCUT2D eigenvalue weighted by atomic mass is 9.95.